The Labute approximate surface area is 107 Å². The molecule has 3 N–H and O–H groups in total. The second-order valence-corrected chi connectivity index (χ2v) is 5.45. The number of rotatable bonds is 2. The molecule has 1 aromatic heterocycles. The van der Waals surface area contributed by atoms with Crippen LogP contribution in [0.5, 0.6) is 0 Å². The number of aryl methyl sites for hydroxylation is 2. The summed E-state index contributed by atoms with van der Waals surface area (Å²) in [5.41, 5.74) is 5.95. The van der Waals surface area contributed by atoms with Gasteiger partial charge in [0.15, 0.2) is 0 Å². The van der Waals surface area contributed by atoms with Crippen LogP contribution in [0.3, 0.4) is 0 Å². The molecule has 0 amide bonds. The molecule has 0 saturated carbocycles. The fourth-order valence-corrected chi connectivity index (χ4v) is 2.79. The van der Waals surface area contributed by atoms with Crippen molar-refractivity contribution in [2.24, 2.45) is 5.84 Å². The SMILES string of the molecule is Cc1ccc(Br)cc1-c1nc(C)c(NN)s1. The molecule has 1 aromatic carbocycles. The fourth-order valence-electron chi connectivity index (χ4n) is 1.47. The molecule has 0 saturated heterocycles. The van der Waals surface area contributed by atoms with E-state index in [0.29, 0.717) is 0 Å². The van der Waals surface area contributed by atoms with E-state index in [1.54, 1.807) is 11.3 Å². The number of nitrogens with one attached hydrogen (secondary N) is 1. The van der Waals surface area contributed by atoms with E-state index in [0.717, 1.165) is 25.7 Å². The molecule has 1 heterocycles. The van der Waals surface area contributed by atoms with Crippen molar-refractivity contribution < 1.29 is 0 Å². The van der Waals surface area contributed by atoms with E-state index in [2.05, 4.69) is 45.4 Å². The van der Waals surface area contributed by atoms with Crippen LogP contribution in [0.25, 0.3) is 10.6 Å². The zero-order valence-corrected chi connectivity index (χ0v) is 11.4. The molecular weight excluding hydrogens is 286 g/mol. The van der Waals surface area contributed by atoms with Gasteiger partial charge < -0.3 is 5.43 Å². The fraction of sp³-hybridized carbons (Fsp3) is 0.182. The molecule has 0 aliphatic carbocycles. The Hall–Kier alpha value is -0.910. The van der Waals surface area contributed by atoms with Gasteiger partial charge in [-0.05, 0) is 31.5 Å². The number of hydrazine groups is 1. The maximum absolute atomic E-state index is 5.42. The number of anilines is 1. The molecule has 0 unspecified atom stereocenters. The third-order valence-corrected chi connectivity index (χ3v) is 3.97. The molecule has 0 aliphatic heterocycles. The molecule has 0 atom stereocenters. The summed E-state index contributed by atoms with van der Waals surface area (Å²) in [6, 6.07) is 6.18. The minimum atomic E-state index is 0.911. The van der Waals surface area contributed by atoms with E-state index in [4.69, 9.17) is 5.84 Å². The highest BCUT2D eigenvalue weighted by atomic mass is 79.9. The number of hydrogen-bond donors (Lipinski definition) is 2. The van der Waals surface area contributed by atoms with Gasteiger partial charge in [-0.15, -0.1) is 0 Å². The average molecular weight is 298 g/mol. The van der Waals surface area contributed by atoms with Crippen LogP contribution in [-0.2, 0) is 0 Å². The lowest BCUT2D eigenvalue weighted by molar-refractivity contribution is 1.23. The van der Waals surface area contributed by atoms with E-state index in [1.165, 1.54) is 5.56 Å². The average Bonchev–Trinajstić information content (AvgIpc) is 2.63. The van der Waals surface area contributed by atoms with Crippen LogP contribution < -0.4 is 11.3 Å². The van der Waals surface area contributed by atoms with Crippen molar-refractivity contribution in [2.75, 3.05) is 5.43 Å². The first kappa shape index (κ1) is 11.6. The maximum atomic E-state index is 5.42. The van der Waals surface area contributed by atoms with Gasteiger partial charge in [0.05, 0.1) is 5.69 Å². The van der Waals surface area contributed by atoms with Gasteiger partial charge in [0.1, 0.15) is 10.0 Å². The van der Waals surface area contributed by atoms with Crippen LogP contribution in [0.2, 0.25) is 0 Å². The number of hydrogen-bond acceptors (Lipinski definition) is 4. The molecule has 0 aliphatic rings. The van der Waals surface area contributed by atoms with E-state index in [-0.39, 0.29) is 0 Å². The Balaban J connectivity index is 2.53. The number of nitrogens with zero attached hydrogens (tertiary/aromatic N) is 1. The third-order valence-electron chi connectivity index (χ3n) is 2.36. The summed E-state index contributed by atoms with van der Waals surface area (Å²) in [5.74, 6) is 5.42. The van der Waals surface area contributed by atoms with Crippen molar-refractivity contribution in [2.45, 2.75) is 13.8 Å². The molecule has 0 fully saturated rings. The zero-order valence-electron chi connectivity index (χ0n) is 9.04. The summed E-state index contributed by atoms with van der Waals surface area (Å²) in [7, 11) is 0. The smallest absolute Gasteiger partial charge is 0.126 e. The Bertz CT molecular complexity index is 522. The summed E-state index contributed by atoms with van der Waals surface area (Å²) >= 11 is 5.04. The molecule has 16 heavy (non-hydrogen) atoms. The normalized spacial score (nSPS) is 10.5. The van der Waals surface area contributed by atoms with Gasteiger partial charge in [-0.2, -0.15) is 0 Å². The molecule has 84 valence electrons. The highest BCUT2D eigenvalue weighted by molar-refractivity contribution is 9.10. The van der Waals surface area contributed by atoms with Crippen molar-refractivity contribution in [1.29, 1.82) is 0 Å². The Morgan fingerprint density at radius 3 is 2.75 bits per heavy atom. The predicted molar refractivity (Wildman–Crippen MR) is 72.5 cm³/mol. The Kier molecular flexibility index (Phi) is 3.28. The molecule has 2 aromatic rings. The predicted octanol–water partition coefficient (Wildman–Crippen LogP) is 3.48. The van der Waals surface area contributed by atoms with Crippen molar-refractivity contribution in [3.63, 3.8) is 0 Å². The summed E-state index contributed by atoms with van der Waals surface area (Å²) in [6.07, 6.45) is 0. The second-order valence-electron chi connectivity index (χ2n) is 3.54. The van der Waals surface area contributed by atoms with Crippen LogP contribution in [-0.4, -0.2) is 4.98 Å². The van der Waals surface area contributed by atoms with Crippen LogP contribution in [0.1, 0.15) is 11.3 Å². The zero-order chi connectivity index (χ0) is 11.7. The molecule has 0 bridgehead atoms. The third kappa shape index (κ3) is 2.11. The number of nitrogen functional groups attached to an aromatic ring is 1. The second kappa shape index (κ2) is 4.53. The van der Waals surface area contributed by atoms with Crippen LogP contribution >= 0.6 is 27.3 Å². The van der Waals surface area contributed by atoms with Gasteiger partial charge in [0.25, 0.3) is 0 Å². The van der Waals surface area contributed by atoms with Crippen LogP contribution in [0.4, 0.5) is 5.00 Å². The van der Waals surface area contributed by atoms with Crippen molar-refractivity contribution in [3.8, 4) is 10.6 Å². The Morgan fingerprint density at radius 1 is 1.38 bits per heavy atom. The lowest BCUT2D eigenvalue weighted by Crippen LogP contribution is -2.05. The summed E-state index contributed by atoms with van der Waals surface area (Å²) < 4.78 is 1.06. The largest absolute Gasteiger partial charge is 0.314 e. The van der Waals surface area contributed by atoms with Gasteiger partial charge in [0, 0.05) is 10.0 Å². The Morgan fingerprint density at radius 2 is 2.12 bits per heavy atom. The standard InChI is InChI=1S/C11H12BrN3S/c1-6-3-4-8(12)5-9(6)11-14-7(2)10(15-13)16-11/h3-5,15H,13H2,1-2H3. The minimum absolute atomic E-state index is 0.911. The highest BCUT2D eigenvalue weighted by Gasteiger charge is 2.10. The number of thiazole rings is 1. The van der Waals surface area contributed by atoms with Gasteiger partial charge in [0.2, 0.25) is 0 Å². The molecule has 0 spiro atoms. The minimum Gasteiger partial charge on any atom is -0.314 e. The number of benzene rings is 1. The maximum Gasteiger partial charge on any atom is 0.126 e. The summed E-state index contributed by atoms with van der Waals surface area (Å²) in [6.45, 7) is 4.02. The number of halogens is 1. The van der Waals surface area contributed by atoms with Gasteiger partial charge in [-0.1, -0.05) is 33.3 Å². The highest BCUT2D eigenvalue weighted by Crippen LogP contribution is 2.34. The molecule has 0 radical (unpaired) electrons. The quantitative estimate of drug-likeness (QED) is 0.659. The molecule has 5 heteroatoms. The monoisotopic (exact) mass is 297 g/mol. The lowest BCUT2D eigenvalue weighted by Gasteiger charge is -2.02. The number of nitrogens with two attached hydrogens (primary N) is 1. The van der Waals surface area contributed by atoms with Crippen molar-refractivity contribution in [3.05, 3.63) is 33.9 Å². The first-order valence-corrected chi connectivity index (χ1v) is 6.43. The molecular formula is C11H12BrN3S. The van der Waals surface area contributed by atoms with Crippen molar-refractivity contribution in [1.82, 2.24) is 4.98 Å². The number of aromatic nitrogens is 1. The molecule has 2 rings (SSSR count). The van der Waals surface area contributed by atoms with E-state index in [1.807, 2.05) is 13.0 Å². The summed E-state index contributed by atoms with van der Waals surface area (Å²) in [5, 5.41) is 1.90. The van der Waals surface area contributed by atoms with Crippen LogP contribution in [0.15, 0.2) is 22.7 Å². The van der Waals surface area contributed by atoms with Gasteiger partial charge in [-0.25, -0.2) is 10.8 Å². The van der Waals surface area contributed by atoms with E-state index in [9.17, 15) is 0 Å². The van der Waals surface area contributed by atoms with E-state index < -0.39 is 0 Å². The van der Waals surface area contributed by atoms with Crippen LogP contribution in [0, 0.1) is 13.8 Å². The first-order valence-electron chi connectivity index (χ1n) is 4.82. The summed E-state index contributed by atoms with van der Waals surface area (Å²) in [4.78, 5) is 4.51. The van der Waals surface area contributed by atoms with Gasteiger partial charge in [-0.3, -0.25) is 0 Å². The lowest BCUT2D eigenvalue weighted by atomic mass is 10.1. The van der Waals surface area contributed by atoms with Gasteiger partial charge >= 0.3 is 0 Å². The first-order chi connectivity index (χ1) is 7.61. The van der Waals surface area contributed by atoms with E-state index >= 15 is 0 Å². The van der Waals surface area contributed by atoms with Crippen molar-refractivity contribution >= 4 is 32.3 Å². The topological polar surface area (TPSA) is 50.9 Å². The molecule has 3 nitrogen and oxygen atoms in total.